The number of rotatable bonds is 4. The van der Waals surface area contributed by atoms with E-state index >= 15 is 0 Å². The third kappa shape index (κ3) is 4.03. The van der Waals surface area contributed by atoms with Crippen LogP contribution in [0.25, 0.3) is 0 Å². The maximum atomic E-state index is 12.7. The molecule has 88 valence electrons. The molecule has 4 nitrogen and oxygen atoms in total. The van der Waals surface area contributed by atoms with Gasteiger partial charge in [-0.3, -0.25) is 4.72 Å². The van der Waals surface area contributed by atoms with Gasteiger partial charge < -0.3 is 5.73 Å². The molecule has 0 unspecified atom stereocenters. The number of anilines is 1. The minimum Gasteiger partial charge on any atom is -0.392 e. The smallest absolute Gasteiger partial charge is 0.239 e. The van der Waals surface area contributed by atoms with E-state index in [1.165, 1.54) is 6.07 Å². The number of hydrogen-bond donors (Lipinski definition) is 2. The number of thiocarbonyl (C=S) groups is 1. The summed E-state index contributed by atoms with van der Waals surface area (Å²) in [6, 6.07) is 3.60. The zero-order chi connectivity index (χ0) is 12.3. The van der Waals surface area contributed by atoms with Gasteiger partial charge in [0.1, 0.15) is 11.6 Å². The minimum atomic E-state index is -3.64. The van der Waals surface area contributed by atoms with Crippen molar-refractivity contribution in [2.45, 2.75) is 0 Å². The number of nitrogens with one attached hydrogen (secondary N) is 1. The molecule has 3 N–H and O–H groups in total. The molecule has 0 aliphatic carbocycles. The predicted octanol–water partition coefficient (Wildman–Crippen LogP) is 1.62. The molecular weight excluding hydrogens is 319 g/mol. The van der Waals surface area contributed by atoms with Gasteiger partial charge >= 0.3 is 0 Å². The Morgan fingerprint density at radius 1 is 1.56 bits per heavy atom. The van der Waals surface area contributed by atoms with Gasteiger partial charge in [0, 0.05) is 4.47 Å². The van der Waals surface area contributed by atoms with Crippen LogP contribution in [0.4, 0.5) is 10.1 Å². The first-order chi connectivity index (χ1) is 7.30. The van der Waals surface area contributed by atoms with E-state index in [1.807, 2.05) is 0 Å². The van der Waals surface area contributed by atoms with E-state index in [2.05, 4.69) is 32.9 Å². The van der Waals surface area contributed by atoms with E-state index in [1.54, 1.807) is 0 Å². The lowest BCUT2D eigenvalue weighted by Crippen LogP contribution is -2.26. The first kappa shape index (κ1) is 13.3. The molecule has 1 rings (SSSR count). The average Bonchev–Trinajstić information content (AvgIpc) is 2.07. The van der Waals surface area contributed by atoms with Crippen LogP contribution in [0, 0.1) is 5.82 Å². The van der Waals surface area contributed by atoms with Gasteiger partial charge in [-0.2, -0.15) is 0 Å². The maximum Gasteiger partial charge on any atom is 0.239 e. The number of hydrogen-bond acceptors (Lipinski definition) is 3. The van der Waals surface area contributed by atoms with Crippen molar-refractivity contribution in [1.82, 2.24) is 0 Å². The Morgan fingerprint density at radius 2 is 2.19 bits per heavy atom. The standard InChI is InChI=1S/C8H8BrFN2O2S2/c9-6-3-5(10)1-2-7(6)12-16(13,14)4-8(11)15/h1-3,12H,4H2,(H2,11,15). The van der Waals surface area contributed by atoms with Crippen LogP contribution in [-0.2, 0) is 10.0 Å². The summed E-state index contributed by atoms with van der Waals surface area (Å²) in [5, 5.41) is 0. The van der Waals surface area contributed by atoms with E-state index in [4.69, 9.17) is 5.73 Å². The topological polar surface area (TPSA) is 72.2 Å². The quantitative estimate of drug-likeness (QED) is 0.825. The van der Waals surface area contributed by atoms with Gasteiger partial charge in [0.05, 0.1) is 10.7 Å². The molecule has 0 radical (unpaired) electrons. The summed E-state index contributed by atoms with van der Waals surface area (Å²) in [5.74, 6) is -0.921. The molecule has 0 saturated carbocycles. The second kappa shape index (κ2) is 5.07. The fourth-order valence-electron chi connectivity index (χ4n) is 0.963. The number of nitrogens with two attached hydrogens (primary N) is 1. The van der Waals surface area contributed by atoms with Gasteiger partial charge in [0.15, 0.2) is 0 Å². The Labute approximate surface area is 106 Å². The Morgan fingerprint density at radius 3 is 2.69 bits per heavy atom. The third-order valence-corrected chi connectivity index (χ3v) is 3.73. The molecule has 8 heteroatoms. The first-order valence-electron chi connectivity index (χ1n) is 4.04. The first-order valence-corrected chi connectivity index (χ1v) is 6.89. The molecule has 0 atom stereocenters. The Hall–Kier alpha value is -0.730. The van der Waals surface area contributed by atoms with Crippen molar-refractivity contribution in [3.05, 3.63) is 28.5 Å². The van der Waals surface area contributed by atoms with E-state index in [0.717, 1.165) is 12.1 Å². The highest BCUT2D eigenvalue weighted by Gasteiger charge is 2.13. The lowest BCUT2D eigenvalue weighted by molar-refractivity contribution is 0.604. The van der Waals surface area contributed by atoms with Gasteiger partial charge in [-0.25, -0.2) is 12.8 Å². The highest BCUT2D eigenvalue weighted by molar-refractivity contribution is 9.10. The second-order valence-corrected chi connectivity index (χ2v) is 6.05. The molecule has 0 bridgehead atoms. The molecule has 0 amide bonds. The second-order valence-electron chi connectivity index (χ2n) is 2.95. The molecule has 0 aliphatic heterocycles. The molecule has 0 spiro atoms. The summed E-state index contributed by atoms with van der Waals surface area (Å²) in [7, 11) is -3.64. The minimum absolute atomic E-state index is 0.134. The Balaban J connectivity index is 2.92. The maximum absolute atomic E-state index is 12.7. The van der Waals surface area contributed by atoms with Crippen LogP contribution in [0.1, 0.15) is 0 Å². The number of sulfonamides is 1. The number of halogens is 2. The molecule has 0 saturated heterocycles. The van der Waals surface area contributed by atoms with Gasteiger partial charge in [0.2, 0.25) is 10.0 Å². The zero-order valence-corrected chi connectivity index (χ0v) is 11.1. The Bertz CT molecular complexity index is 519. The summed E-state index contributed by atoms with van der Waals surface area (Å²) in [6.45, 7) is 0. The SMILES string of the molecule is NC(=S)CS(=O)(=O)Nc1ccc(F)cc1Br. The fourth-order valence-corrected chi connectivity index (χ4v) is 2.97. The molecule has 16 heavy (non-hydrogen) atoms. The molecule has 0 fully saturated rings. The van der Waals surface area contributed by atoms with Crippen LogP contribution in [0.3, 0.4) is 0 Å². The monoisotopic (exact) mass is 326 g/mol. The van der Waals surface area contributed by atoms with Gasteiger partial charge in [0.25, 0.3) is 0 Å². The molecule has 1 aromatic rings. The summed E-state index contributed by atoms with van der Waals surface area (Å²) < 4.78 is 38.2. The van der Waals surface area contributed by atoms with Gasteiger partial charge in [-0.1, -0.05) is 12.2 Å². The van der Waals surface area contributed by atoms with E-state index < -0.39 is 21.6 Å². The summed E-state index contributed by atoms with van der Waals surface area (Å²) in [6.07, 6.45) is 0. The molecule has 0 heterocycles. The van der Waals surface area contributed by atoms with Crippen LogP contribution in [0.5, 0.6) is 0 Å². The largest absolute Gasteiger partial charge is 0.392 e. The highest BCUT2D eigenvalue weighted by Crippen LogP contribution is 2.23. The van der Waals surface area contributed by atoms with Crippen LogP contribution < -0.4 is 10.5 Å². The van der Waals surface area contributed by atoms with Crippen LogP contribution in [-0.4, -0.2) is 19.2 Å². The van der Waals surface area contributed by atoms with Crippen molar-refractivity contribution in [1.29, 1.82) is 0 Å². The van der Waals surface area contributed by atoms with Crippen molar-refractivity contribution in [2.24, 2.45) is 5.73 Å². The third-order valence-electron chi connectivity index (χ3n) is 1.53. The van der Waals surface area contributed by atoms with Crippen molar-refractivity contribution < 1.29 is 12.8 Å². The van der Waals surface area contributed by atoms with Crippen LogP contribution in [0.15, 0.2) is 22.7 Å². The van der Waals surface area contributed by atoms with E-state index in [-0.39, 0.29) is 10.7 Å². The normalized spacial score (nSPS) is 11.1. The predicted molar refractivity (Wildman–Crippen MR) is 68.3 cm³/mol. The molecule has 0 aliphatic rings. The van der Waals surface area contributed by atoms with Gasteiger partial charge in [-0.15, -0.1) is 0 Å². The lowest BCUT2D eigenvalue weighted by Gasteiger charge is -2.08. The van der Waals surface area contributed by atoms with Crippen LogP contribution in [0.2, 0.25) is 0 Å². The van der Waals surface area contributed by atoms with E-state index in [0.29, 0.717) is 4.47 Å². The van der Waals surface area contributed by atoms with Crippen molar-refractivity contribution in [3.63, 3.8) is 0 Å². The molecule has 0 aromatic heterocycles. The average molecular weight is 327 g/mol. The zero-order valence-electron chi connectivity index (χ0n) is 7.91. The highest BCUT2D eigenvalue weighted by atomic mass is 79.9. The number of benzene rings is 1. The van der Waals surface area contributed by atoms with Crippen molar-refractivity contribution in [3.8, 4) is 0 Å². The molecule has 1 aromatic carbocycles. The van der Waals surface area contributed by atoms with Gasteiger partial charge in [-0.05, 0) is 34.1 Å². The Kier molecular flexibility index (Phi) is 4.22. The van der Waals surface area contributed by atoms with E-state index in [9.17, 15) is 12.8 Å². The fraction of sp³-hybridized carbons (Fsp3) is 0.125. The van der Waals surface area contributed by atoms with Crippen molar-refractivity contribution >= 4 is 48.8 Å². The summed E-state index contributed by atoms with van der Waals surface area (Å²) in [4.78, 5) is -0.134. The van der Waals surface area contributed by atoms with Crippen molar-refractivity contribution in [2.75, 3.05) is 10.5 Å². The summed E-state index contributed by atoms with van der Waals surface area (Å²) in [5.41, 5.74) is 5.37. The summed E-state index contributed by atoms with van der Waals surface area (Å²) >= 11 is 7.54. The lowest BCUT2D eigenvalue weighted by atomic mass is 10.3. The van der Waals surface area contributed by atoms with Crippen LogP contribution >= 0.6 is 28.1 Å². The molecular formula is C8H8BrFN2O2S2.